The van der Waals surface area contributed by atoms with Crippen molar-refractivity contribution in [3.8, 4) is 0 Å². The number of primary amides is 1. The van der Waals surface area contributed by atoms with Gasteiger partial charge in [0.05, 0.1) is 12.1 Å². The Hall–Kier alpha value is -0.610. The molecule has 0 radical (unpaired) electrons. The molecule has 1 amide bonds. The van der Waals surface area contributed by atoms with E-state index in [1.165, 1.54) is 0 Å². The first kappa shape index (κ1) is 11.5. The molecule has 0 bridgehead atoms. The maximum Gasteiger partial charge on any atom is 0.234 e. The van der Waals surface area contributed by atoms with Crippen molar-refractivity contribution >= 4 is 5.91 Å². The lowest BCUT2D eigenvalue weighted by Crippen LogP contribution is -2.44. The number of carbonyl (C=O) groups is 1. The molecule has 0 spiro atoms. The first-order valence-electron chi connectivity index (χ1n) is 5.36. The summed E-state index contributed by atoms with van der Waals surface area (Å²) in [6.07, 6.45) is 3.09. The summed E-state index contributed by atoms with van der Waals surface area (Å²) in [5, 5.41) is 9.46. The van der Waals surface area contributed by atoms with Gasteiger partial charge in [-0.25, -0.2) is 0 Å². The number of aliphatic hydroxyl groups excluding tert-OH is 1. The number of hydrogen-bond donors (Lipinski definition) is 2. The van der Waals surface area contributed by atoms with Crippen molar-refractivity contribution < 1.29 is 9.90 Å². The van der Waals surface area contributed by atoms with Crippen molar-refractivity contribution in [1.29, 1.82) is 0 Å². The van der Waals surface area contributed by atoms with E-state index in [0.29, 0.717) is 0 Å². The highest BCUT2D eigenvalue weighted by atomic mass is 16.3. The van der Waals surface area contributed by atoms with Crippen molar-refractivity contribution in [2.75, 3.05) is 13.1 Å². The lowest BCUT2D eigenvalue weighted by atomic mass is 10.1. The zero-order valence-corrected chi connectivity index (χ0v) is 8.78. The van der Waals surface area contributed by atoms with E-state index in [4.69, 9.17) is 5.73 Å². The van der Waals surface area contributed by atoms with E-state index in [9.17, 15) is 9.90 Å². The van der Waals surface area contributed by atoms with Crippen molar-refractivity contribution in [3.63, 3.8) is 0 Å². The summed E-state index contributed by atoms with van der Waals surface area (Å²) in [7, 11) is 0. The molecule has 0 aliphatic carbocycles. The molecule has 82 valence electrons. The van der Waals surface area contributed by atoms with E-state index in [1.54, 1.807) is 0 Å². The van der Waals surface area contributed by atoms with Crippen LogP contribution in [0.15, 0.2) is 0 Å². The van der Waals surface area contributed by atoms with Gasteiger partial charge in [0, 0.05) is 6.54 Å². The van der Waals surface area contributed by atoms with Gasteiger partial charge in [-0.3, -0.25) is 9.69 Å². The maximum atomic E-state index is 11.1. The third kappa shape index (κ3) is 2.96. The topological polar surface area (TPSA) is 66.6 Å². The van der Waals surface area contributed by atoms with Gasteiger partial charge in [-0.15, -0.1) is 0 Å². The molecule has 1 saturated heterocycles. The van der Waals surface area contributed by atoms with Crippen molar-refractivity contribution in [1.82, 2.24) is 4.90 Å². The summed E-state index contributed by atoms with van der Waals surface area (Å²) in [5.41, 5.74) is 5.32. The summed E-state index contributed by atoms with van der Waals surface area (Å²) in [6, 6.07) is -0.153. The van der Waals surface area contributed by atoms with Gasteiger partial charge in [-0.1, -0.05) is 6.92 Å². The van der Waals surface area contributed by atoms with Crippen LogP contribution in [0.1, 0.15) is 32.6 Å². The SMILES string of the molecule is CCC(C(N)=O)N1CCCC(O)CC1. The van der Waals surface area contributed by atoms with Gasteiger partial charge in [-0.05, 0) is 32.2 Å². The Morgan fingerprint density at radius 1 is 1.57 bits per heavy atom. The Bertz CT molecular complexity index is 197. The molecule has 0 saturated carbocycles. The van der Waals surface area contributed by atoms with Crippen molar-refractivity contribution in [2.24, 2.45) is 5.73 Å². The Morgan fingerprint density at radius 3 is 2.86 bits per heavy atom. The standard InChI is InChI=1S/C10H20N2O2/c1-2-9(10(11)14)12-6-3-4-8(13)5-7-12/h8-9,13H,2-7H2,1H3,(H2,11,14). The highest BCUT2D eigenvalue weighted by Crippen LogP contribution is 2.14. The molecule has 1 heterocycles. The average molecular weight is 200 g/mol. The molecule has 0 aromatic carbocycles. The predicted octanol–water partition coefficient (Wildman–Crippen LogP) is 0.0971. The van der Waals surface area contributed by atoms with Crippen LogP contribution >= 0.6 is 0 Å². The van der Waals surface area contributed by atoms with Crippen LogP contribution in [0.4, 0.5) is 0 Å². The lowest BCUT2D eigenvalue weighted by Gasteiger charge is -2.26. The fourth-order valence-corrected chi connectivity index (χ4v) is 2.05. The van der Waals surface area contributed by atoms with Crippen LogP contribution in [0.5, 0.6) is 0 Å². The van der Waals surface area contributed by atoms with Gasteiger partial charge in [0.15, 0.2) is 0 Å². The monoisotopic (exact) mass is 200 g/mol. The molecule has 1 aliphatic heterocycles. The second-order valence-electron chi connectivity index (χ2n) is 3.95. The second-order valence-corrected chi connectivity index (χ2v) is 3.95. The molecular formula is C10H20N2O2. The van der Waals surface area contributed by atoms with Crippen molar-refractivity contribution in [2.45, 2.75) is 44.8 Å². The predicted molar refractivity (Wildman–Crippen MR) is 54.7 cm³/mol. The average Bonchev–Trinajstić information content (AvgIpc) is 2.32. The molecular weight excluding hydrogens is 180 g/mol. The number of likely N-dealkylation sites (tertiary alicyclic amines) is 1. The van der Waals surface area contributed by atoms with Crippen LogP contribution in [0.2, 0.25) is 0 Å². The van der Waals surface area contributed by atoms with E-state index in [1.807, 2.05) is 6.92 Å². The first-order chi connectivity index (χ1) is 6.65. The summed E-state index contributed by atoms with van der Waals surface area (Å²) < 4.78 is 0. The highest BCUT2D eigenvalue weighted by Gasteiger charge is 2.24. The summed E-state index contributed by atoms with van der Waals surface area (Å²) in [6.45, 7) is 3.62. The van der Waals surface area contributed by atoms with Crippen LogP contribution in [0, 0.1) is 0 Å². The van der Waals surface area contributed by atoms with E-state index < -0.39 is 0 Å². The van der Waals surface area contributed by atoms with Crippen LogP contribution in [-0.4, -0.2) is 41.1 Å². The maximum absolute atomic E-state index is 11.1. The number of nitrogens with zero attached hydrogens (tertiary/aromatic N) is 1. The number of nitrogens with two attached hydrogens (primary N) is 1. The molecule has 14 heavy (non-hydrogen) atoms. The Kier molecular flexibility index (Phi) is 4.35. The summed E-state index contributed by atoms with van der Waals surface area (Å²) in [4.78, 5) is 13.2. The highest BCUT2D eigenvalue weighted by molar-refractivity contribution is 5.79. The van der Waals surface area contributed by atoms with Crippen LogP contribution in [0.25, 0.3) is 0 Å². The molecule has 2 unspecified atom stereocenters. The van der Waals surface area contributed by atoms with E-state index >= 15 is 0 Å². The number of aliphatic hydroxyl groups is 1. The smallest absolute Gasteiger partial charge is 0.234 e. The Morgan fingerprint density at radius 2 is 2.29 bits per heavy atom. The van der Waals surface area contributed by atoms with Gasteiger partial charge in [0.1, 0.15) is 0 Å². The zero-order chi connectivity index (χ0) is 10.6. The van der Waals surface area contributed by atoms with Crippen molar-refractivity contribution in [3.05, 3.63) is 0 Å². The number of carbonyl (C=O) groups excluding carboxylic acids is 1. The number of hydrogen-bond acceptors (Lipinski definition) is 3. The summed E-state index contributed by atoms with van der Waals surface area (Å²) >= 11 is 0. The number of amides is 1. The molecule has 1 aliphatic rings. The fraction of sp³-hybridized carbons (Fsp3) is 0.900. The molecule has 2 atom stereocenters. The first-order valence-corrected chi connectivity index (χ1v) is 5.36. The normalized spacial score (nSPS) is 26.9. The lowest BCUT2D eigenvalue weighted by molar-refractivity contribution is -0.123. The Labute approximate surface area is 85.1 Å². The molecule has 0 aromatic rings. The van der Waals surface area contributed by atoms with Gasteiger partial charge in [0.25, 0.3) is 0 Å². The molecule has 4 heteroatoms. The minimum atomic E-state index is -0.246. The minimum absolute atomic E-state index is 0.153. The minimum Gasteiger partial charge on any atom is -0.393 e. The molecule has 3 N–H and O–H groups in total. The summed E-state index contributed by atoms with van der Waals surface area (Å²) in [5.74, 6) is -0.246. The molecule has 0 aromatic heterocycles. The molecule has 4 nitrogen and oxygen atoms in total. The van der Waals surface area contributed by atoms with E-state index in [0.717, 1.165) is 38.8 Å². The van der Waals surface area contributed by atoms with Crippen LogP contribution in [-0.2, 0) is 4.79 Å². The third-order valence-electron chi connectivity index (χ3n) is 2.89. The van der Waals surface area contributed by atoms with Gasteiger partial charge in [0.2, 0.25) is 5.91 Å². The Balaban J connectivity index is 2.53. The third-order valence-corrected chi connectivity index (χ3v) is 2.89. The largest absolute Gasteiger partial charge is 0.393 e. The number of rotatable bonds is 3. The fourth-order valence-electron chi connectivity index (χ4n) is 2.05. The molecule has 1 fully saturated rings. The van der Waals surface area contributed by atoms with Gasteiger partial charge >= 0.3 is 0 Å². The van der Waals surface area contributed by atoms with E-state index in [-0.39, 0.29) is 18.1 Å². The van der Waals surface area contributed by atoms with Gasteiger partial charge < -0.3 is 10.8 Å². The molecule has 1 rings (SSSR count). The zero-order valence-electron chi connectivity index (χ0n) is 8.78. The van der Waals surface area contributed by atoms with Gasteiger partial charge in [-0.2, -0.15) is 0 Å². The quantitative estimate of drug-likeness (QED) is 0.679. The van der Waals surface area contributed by atoms with E-state index in [2.05, 4.69) is 4.90 Å². The van der Waals surface area contributed by atoms with Crippen LogP contribution < -0.4 is 5.73 Å². The van der Waals surface area contributed by atoms with Crippen LogP contribution in [0.3, 0.4) is 0 Å². The second kappa shape index (κ2) is 5.32.